The SMILES string of the molecule is CCCCN(CC(O)c1cc2c(c3ccccc13)CCCC2)c1ccc(OC)cc1. The van der Waals surface area contributed by atoms with Gasteiger partial charge in [0, 0.05) is 18.8 Å². The molecule has 1 atom stereocenters. The van der Waals surface area contributed by atoms with Crippen molar-refractivity contribution in [3.8, 4) is 5.75 Å². The third-order valence-corrected chi connectivity index (χ3v) is 6.37. The van der Waals surface area contributed by atoms with Crippen molar-refractivity contribution in [2.45, 2.75) is 51.6 Å². The molecule has 0 saturated carbocycles. The van der Waals surface area contributed by atoms with E-state index in [-0.39, 0.29) is 0 Å². The largest absolute Gasteiger partial charge is 0.497 e. The van der Waals surface area contributed by atoms with Gasteiger partial charge in [-0.3, -0.25) is 0 Å². The third-order valence-electron chi connectivity index (χ3n) is 6.37. The predicted molar refractivity (Wildman–Crippen MR) is 126 cm³/mol. The number of ether oxygens (including phenoxy) is 1. The van der Waals surface area contributed by atoms with Gasteiger partial charge in [-0.25, -0.2) is 0 Å². The molecule has 1 N–H and O–H groups in total. The van der Waals surface area contributed by atoms with Gasteiger partial charge >= 0.3 is 0 Å². The third kappa shape index (κ3) is 4.32. The highest BCUT2D eigenvalue weighted by Crippen LogP contribution is 2.35. The minimum absolute atomic E-state index is 0.527. The number of methoxy groups -OCH3 is 1. The standard InChI is InChI=1S/C27H33NO2/c1-3-4-17-28(21-13-15-22(30-2)16-14-21)19-27(29)26-18-20-9-5-6-10-23(20)24-11-7-8-12-25(24)26/h7-8,11-16,18,27,29H,3-6,9-10,17,19H2,1-2H3. The van der Waals surface area contributed by atoms with Crippen LogP contribution in [-0.4, -0.2) is 25.3 Å². The molecule has 1 unspecified atom stereocenters. The highest BCUT2D eigenvalue weighted by molar-refractivity contribution is 5.90. The molecule has 3 aromatic rings. The summed E-state index contributed by atoms with van der Waals surface area (Å²) in [6.45, 7) is 3.73. The number of unbranched alkanes of at least 4 members (excludes halogenated alkanes) is 1. The van der Waals surface area contributed by atoms with E-state index >= 15 is 0 Å². The Kier molecular flexibility index (Phi) is 6.59. The van der Waals surface area contributed by atoms with Gasteiger partial charge < -0.3 is 14.7 Å². The molecule has 0 spiro atoms. The van der Waals surface area contributed by atoms with Crippen LogP contribution in [-0.2, 0) is 12.8 Å². The van der Waals surface area contributed by atoms with Crippen molar-refractivity contribution >= 4 is 16.5 Å². The first-order valence-corrected chi connectivity index (χ1v) is 11.3. The molecular formula is C27H33NO2. The molecule has 3 aromatic carbocycles. The molecule has 0 radical (unpaired) electrons. The van der Waals surface area contributed by atoms with E-state index in [1.54, 1.807) is 7.11 Å². The van der Waals surface area contributed by atoms with Gasteiger partial charge in [0.05, 0.1) is 13.2 Å². The summed E-state index contributed by atoms with van der Waals surface area (Å²) in [6, 6.07) is 19.1. The Morgan fingerprint density at radius 3 is 2.47 bits per heavy atom. The first-order chi connectivity index (χ1) is 14.7. The average Bonchev–Trinajstić information content (AvgIpc) is 2.81. The van der Waals surface area contributed by atoms with E-state index in [0.717, 1.165) is 49.2 Å². The van der Waals surface area contributed by atoms with E-state index in [1.165, 1.54) is 34.7 Å². The Labute approximate surface area is 180 Å². The maximum absolute atomic E-state index is 11.4. The molecule has 1 aliphatic rings. The Morgan fingerprint density at radius 2 is 1.73 bits per heavy atom. The van der Waals surface area contributed by atoms with Crippen molar-refractivity contribution in [3.63, 3.8) is 0 Å². The normalized spacial score (nSPS) is 14.4. The Morgan fingerprint density at radius 1 is 1.00 bits per heavy atom. The van der Waals surface area contributed by atoms with Crippen LogP contribution in [0.25, 0.3) is 10.8 Å². The maximum Gasteiger partial charge on any atom is 0.119 e. The van der Waals surface area contributed by atoms with Gasteiger partial charge in [0.2, 0.25) is 0 Å². The lowest BCUT2D eigenvalue weighted by Gasteiger charge is -2.29. The zero-order chi connectivity index (χ0) is 20.9. The van der Waals surface area contributed by atoms with E-state index in [1.807, 2.05) is 12.1 Å². The Hall–Kier alpha value is -2.52. The van der Waals surface area contributed by atoms with E-state index in [0.29, 0.717) is 6.54 Å². The van der Waals surface area contributed by atoms with E-state index in [9.17, 15) is 5.11 Å². The van der Waals surface area contributed by atoms with E-state index in [2.05, 4.69) is 54.3 Å². The van der Waals surface area contributed by atoms with Gasteiger partial charge in [-0.05, 0) is 83.8 Å². The maximum atomic E-state index is 11.4. The van der Waals surface area contributed by atoms with Crippen LogP contribution in [0.3, 0.4) is 0 Å². The number of hydrogen-bond acceptors (Lipinski definition) is 3. The smallest absolute Gasteiger partial charge is 0.119 e. The van der Waals surface area contributed by atoms with Gasteiger partial charge in [0.1, 0.15) is 5.75 Å². The number of aliphatic hydroxyl groups is 1. The second kappa shape index (κ2) is 9.53. The lowest BCUT2D eigenvalue weighted by atomic mass is 9.84. The summed E-state index contributed by atoms with van der Waals surface area (Å²) in [7, 11) is 1.69. The molecule has 0 fully saturated rings. The number of fused-ring (bicyclic) bond motifs is 3. The predicted octanol–water partition coefficient (Wildman–Crippen LogP) is 6.07. The Balaban J connectivity index is 1.66. The number of aliphatic hydroxyl groups excluding tert-OH is 1. The molecule has 30 heavy (non-hydrogen) atoms. The lowest BCUT2D eigenvalue weighted by Crippen LogP contribution is -2.30. The molecule has 1 aliphatic carbocycles. The zero-order valence-electron chi connectivity index (χ0n) is 18.2. The van der Waals surface area contributed by atoms with Gasteiger partial charge in [0.15, 0.2) is 0 Å². The average molecular weight is 404 g/mol. The first-order valence-electron chi connectivity index (χ1n) is 11.3. The quantitative estimate of drug-likeness (QED) is 0.496. The number of benzene rings is 3. The van der Waals surface area contributed by atoms with Crippen molar-refractivity contribution in [1.82, 2.24) is 0 Å². The van der Waals surface area contributed by atoms with Crippen LogP contribution < -0.4 is 9.64 Å². The summed E-state index contributed by atoms with van der Waals surface area (Å²) in [5.41, 5.74) is 5.12. The zero-order valence-corrected chi connectivity index (χ0v) is 18.2. The number of rotatable bonds is 8. The molecule has 158 valence electrons. The van der Waals surface area contributed by atoms with Crippen LogP contribution in [0.4, 0.5) is 5.69 Å². The summed E-state index contributed by atoms with van der Waals surface area (Å²) in [5, 5.41) is 13.9. The fourth-order valence-corrected chi connectivity index (χ4v) is 4.71. The Bertz CT molecular complexity index is 980. The minimum atomic E-state index is -0.527. The summed E-state index contributed by atoms with van der Waals surface area (Å²) in [4.78, 5) is 2.31. The summed E-state index contributed by atoms with van der Waals surface area (Å²) < 4.78 is 5.31. The van der Waals surface area contributed by atoms with Gasteiger partial charge in [-0.15, -0.1) is 0 Å². The van der Waals surface area contributed by atoms with Gasteiger partial charge in [0.25, 0.3) is 0 Å². The number of nitrogens with zero attached hydrogens (tertiary/aromatic N) is 1. The highest BCUT2D eigenvalue weighted by atomic mass is 16.5. The first kappa shape index (κ1) is 20.7. The van der Waals surface area contributed by atoms with Crippen molar-refractivity contribution < 1.29 is 9.84 Å². The molecule has 0 saturated heterocycles. The molecule has 4 rings (SSSR count). The fourth-order valence-electron chi connectivity index (χ4n) is 4.71. The summed E-state index contributed by atoms with van der Waals surface area (Å²) >= 11 is 0. The fraction of sp³-hybridized carbons (Fsp3) is 0.407. The van der Waals surface area contributed by atoms with Gasteiger partial charge in [-0.2, -0.15) is 0 Å². The van der Waals surface area contributed by atoms with Crippen LogP contribution in [0.2, 0.25) is 0 Å². The number of anilines is 1. The van der Waals surface area contributed by atoms with Crippen LogP contribution in [0.1, 0.15) is 55.4 Å². The minimum Gasteiger partial charge on any atom is -0.497 e. The second-order valence-corrected chi connectivity index (χ2v) is 8.37. The molecule has 3 heteroatoms. The molecule has 0 amide bonds. The monoisotopic (exact) mass is 403 g/mol. The van der Waals surface area contributed by atoms with Crippen molar-refractivity contribution in [3.05, 3.63) is 71.3 Å². The summed E-state index contributed by atoms with van der Waals surface area (Å²) in [6.07, 6.45) is 6.49. The number of aryl methyl sites for hydroxylation is 2. The molecule has 0 aliphatic heterocycles. The topological polar surface area (TPSA) is 32.7 Å². The summed E-state index contributed by atoms with van der Waals surface area (Å²) in [5.74, 6) is 0.857. The molecule has 0 heterocycles. The van der Waals surface area contributed by atoms with Crippen molar-refractivity contribution in [1.29, 1.82) is 0 Å². The second-order valence-electron chi connectivity index (χ2n) is 8.37. The molecular weight excluding hydrogens is 370 g/mol. The van der Waals surface area contributed by atoms with Crippen molar-refractivity contribution in [2.24, 2.45) is 0 Å². The molecule has 3 nitrogen and oxygen atoms in total. The number of hydrogen-bond donors (Lipinski definition) is 1. The highest BCUT2D eigenvalue weighted by Gasteiger charge is 2.21. The van der Waals surface area contributed by atoms with Crippen LogP contribution in [0.5, 0.6) is 5.75 Å². The lowest BCUT2D eigenvalue weighted by molar-refractivity contribution is 0.184. The van der Waals surface area contributed by atoms with Gasteiger partial charge in [-0.1, -0.05) is 43.7 Å². The van der Waals surface area contributed by atoms with Crippen LogP contribution in [0, 0.1) is 0 Å². The van der Waals surface area contributed by atoms with E-state index < -0.39 is 6.10 Å². The molecule has 0 bridgehead atoms. The van der Waals surface area contributed by atoms with Crippen molar-refractivity contribution in [2.75, 3.05) is 25.1 Å². The van der Waals surface area contributed by atoms with Crippen LogP contribution in [0.15, 0.2) is 54.6 Å². The van der Waals surface area contributed by atoms with Crippen LogP contribution >= 0.6 is 0 Å². The van der Waals surface area contributed by atoms with E-state index in [4.69, 9.17) is 4.74 Å². The molecule has 0 aromatic heterocycles.